The van der Waals surface area contributed by atoms with E-state index in [1.54, 1.807) is 0 Å². The molecule has 0 radical (unpaired) electrons. The van der Waals surface area contributed by atoms with Crippen molar-refractivity contribution in [1.29, 1.82) is 0 Å². The van der Waals surface area contributed by atoms with Crippen LogP contribution in [-0.4, -0.2) is 19.3 Å². The lowest BCUT2D eigenvalue weighted by Crippen LogP contribution is -2.16. The number of carbonyl (C=O) groups is 1. The fourth-order valence-corrected chi connectivity index (χ4v) is 0.176. The summed E-state index contributed by atoms with van der Waals surface area (Å²) in [7, 11) is 0. The zero-order valence-corrected chi connectivity index (χ0v) is 4.29. The summed E-state index contributed by atoms with van der Waals surface area (Å²) in [6.07, 6.45) is -0.907. The van der Waals surface area contributed by atoms with Crippen LogP contribution in [0.2, 0.25) is 0 Å². The Morgan fingerprint density at radius 1 is 1.62 bits per heavy atom. The largest absolute Gasteiger partial charge is 0.527 e. The van der Waals surface area contributed by atoms with Crippen molar-refractivity contribution in [2.24, 2.45) is 11.6 Å². The molecule has 0 amide bonds. The number of carbonyl (C=O) groups excluding carboxylic acids is 1. The second kappa shape index (κ2) is 4.35. The van der Waals surface area contributed by atoms with Crippen molar-refractivity contribution < 1.29 is 14.4 Å². The molecular formula is C3H8N2O3. The Morgan fingerprint density at radius 2 is 2.25 bits per heavy atom. The van der Waals surface area contributed by atoms with Crippen molar-refractivity contribution in [2.75, 3.05) is 13.2 Å². The van der Waals surface area contributed by atoms with Gasteiger partial charge in [0, 0.05) is 6.54 Å². The van der Waals surface area contributed by atoms with Crippen LogP contribution in [0, 0.1) is 0 Å². The molecule has 0 unspecified atom stereocenters. The molecular weight excluding hydrogens is 112 g/mol. The summed E-state index contributed by atoms with van der Waals surface area (Å²) >= 11 is 0. The highest BCUT2D eigenvalue weighted by atomic mass is 16.8. The fourth-order valence-electron chi connectivity index (χ4n) is 0.176. The van der Waals surface area contributed by atoms with Gasteiger partial charge in [-0.05, 0) is 0 Å². The van der Waals surface area contributed by atoms with E-state index >= 15 is 0 Å². The standard InChI is InChI=1S/C3H8N2O3/c4-1-2-7-3(6)8-5/h1-2,4-5H2. The molecule has 0 atom stereocenters. The first-order valence-corrected chi connectivity index (χ1v) is 2.04. The van der Waals surface area contributed by atoms with Gasteiger partial charge >= 0.3 is 6.16 Å². The van der Waals surface area contributed by atoms with E-state index in [9.17, 15) is 4.79 Å². The number of nitrogens with two attached hydrogens (primary N) is 2. The van der Waals surface area contributed by atoms with E-state index in [0.29, 0.717) is 0 Å². The molecule has 0 aliphatic heterocycles. The van der Waals surface area contributed by atoms with E-state index in [1.165, 1.54) is 0 Å². The molecule has 5 heteroatoms. The van der Waals surface area contributed by atoms with Crippen molar-refractivity contribution in [3.63, 3.8) is 0 Å². The van der Waals surface area contributed by atoms with Crippen molar-refractivity contribution in [3.8, 4) is 0 Å². The minimum Gasteiger partial charge on any atom is -0.432 e. The molecule has 48 valence electrons. The summed E-state index contributed by atoms with van der Waals surface area (Å²) in [6, 6.07) is 0. The van der Waals surface area contributed by atoms with Crippen LogP contribution in [0.3, 0.4) is 0 Å². The maximum Gasteiger partial charge on any atom is 0.527 e. The molecule has 5 nitrogen and oxygen atoms in total. The molecule has 0 aliphatic carbocycles. The van der Waals surface area contributed by atoms with Crippen molar-refractivity contribution in [2.45, 2.75) is 0 Å². The zero-order chi connectivity index (χ0) is 6.41. The quantitative estimate of drug-likeness (QED) is 0.359. The van der Waals surface area contributed by atoms with Crippen LogP contribution in [0.5, 0.6) is 0 Å². The van der Waals surface area contributed by atoms with Crippen LogP contribution in [0.1, 0.15) is 0 Å². The highest BCUT2D eigenvalue weighted by Gasteiger charge is 1.96. The van der Waals surface area contributed by atoms with Crippen LogP contribution in [0.4, 0.5) is 4.79 Å². The molecule has 0 saturated carbocycles. The van der Waals surface area contributed by atoms with Gasteiger partial charge in [0.15, 0.2) is 0 Å². The first kappa shape index (κ1) is 7.19. The molecule has 0 aromatic rings. The highest BCUT2D eigenvalue weighted by Crippen LogP contribution is 1.75. The van der Waals surface area contributed by atoms with Crippen LogP contribution < -0.4 is 11.6 Å². The average molecular weight is 120 g/mol. The van der Waals surface area contributed by atoms with Crippen LogP contribution in [-0.2, 0) is 9.57 Å². The smallest absolute Gasteiger partial charge is 0.432 e. The first-order chi connectivity index (χ1) is 3.81. The van der Waals surface area contributed by atoms with Gasteiger partial charge in [0.2, 0.25) is 0 Å². The van der Waals surface area contributed by atoms with Crippen LogP contribution in [0.15, 0.2) is 0 Å². The van der Waals surface area contributed by atoms with Crippen molar-refractivity contribution >= 4 is 6.16 Å². The third-order valence-corrected chi connectivity index (χ3v) is 0.434. The minimum atomic E-state index is -0.907. The van der Waals surface area contributed by atoms with Gasteiger partial charge in [-0.15, -0.1) is 0 Å². The number of hydrogen-bond donors (Lipinski definition) is 2. The highest BCUT2D eigenvalue weighted by molar-refractivity contribution is 5.59. The van der Waals surface area contributed by atoms with Gasteiger partial charge in [0.05, 0.1) is 0 Å². The predicted octanol–water partition coefficient (Wildman–Crippen LogP) is -1.03. The Hall–Kier alpha value is -0.810. The maximum absolute atomic E-state index is 9.95. The minimum absolute atomic E-state index is 0.135. The monoisotopic (exact) mass is 120 g/mol. The number of hydrogen-bond acceptors (Lipinski definition) is 5. The Bertz CT molecular complexity index is 74.9. The molecule has 4 N–H and O–H groups in total. The van der Waals surface area contributed by atoms with E-state index in [0.717, 1.165) is 0 Å². The molecule has 0 saturated heterocycles. The molecule has 8 heavy (non-hydrogen) atoms. The first-order valence-electron chi connectivity index (χ1n) is 2.04. The Morgan fingerprint density at radius 3 is 2.62 bits per heavy atom. The van der Waals surface area contributed by atoms with Gasteiger partial charge in [-0.2, -0.15) is 5.90 Å². The van der Waals surface area contributed by atoms with Gasteiger partial charge in [-0.1, -0.05) is 0 Å². The molecule has 0 aromatic carbocycles. The molecule has 0 bridgehead atoms. The topological polar surface area (TPSA) is 87.6 Å². The Balaban J connectivity index is 2.99. The average Bonchev–Trinajstić information content (AvgIpc) is 1.83. The Kier molecular flexibility index (Phi) is 3.91. The third kappa shape index (κ3) is 3.38. The fraction of sp³-hybridized carbons (Fsp3) is 0.667. The normalized spacial score (nSPS) is 8.25. The summed E-state index contributed by atoms with van der Waals surface area (Å²) in [4.78, 5) is 13.6. The van der Waals surface area contributed by atoms with Gasteiger partial charge in [-0.3, -0.25) is 0 Å². The van der Waals surface area contributed by atoms with Crippen LogP contribution in [0.25, 0.3) is 0 Å². The predicted molar refractivity (Wildman–Crippen MR) is 25.7 cm³/mol. The van der Waals surface area contributed by atoms with Crippen molar-refractivity contribution in [1.82, 2.24) is 0 Å². The van der Waals surface area contributed by atoms with Gasteiger partial charge in [-0.25, -0.2) is 4.79 Å². The molecule has 0 spiro atoms. The summed E-state index contributed by atoms with van der Waals surface area (Å²) in [5.41, 5.74) is 4.96. The van der Waals surface area contributed by atoms with E-state index < -0.39 is 6.16 Å². The van der Waals surface area contributed by atoms with Crippen molar-refractivity contribution in [3.05, 3.63) is 0 Å². The second-order valence-electron chi connectivity index (χ2n) is 1.00. The second-order valence-corrected chi connectivity index (χ2v) is 1.00. The van der Waals surface area contributed by atoms with Gasteiger partial charge < -0.3 is 15.3 Å². The lowest BCUT2D eigenvalue weighted by atomic mass is 10.7. The lowest BCUT2D eigenvalue weighted by Gasteiger charge is -1.96. The van der Waals surface area contributed by atoms with Gasteiger partial charge in [0.1, 0.15) is 6.61 Å². The molecule has 0 heterocycles. The van der Waals surface area contributed by atoms with E-state index in [-0.39, 0.29) is 13.2 Å². The SMILES string of the molecule is NCCOC(=O)ON. The molecule has 0 aliphatic rings. The number of ether oxygens (including phenoxy) is 1. The van der Waals surface area contributed by atoms with E-state index in [2.05, 4.69) is 15.5 Å². The van der Waals surface area contributed by atoms with E-state index in [4.69, 9.17) is 5.73 Å². The van der Waals surface area contributed by atoms with Gasteiger partial charge in [0.25, 0.3) is 0 Å². The third-order valence-electron chi connectivity index (χ3n) is 0.434. The lowest BCUT2D eigenvalue weighted by molar-refractivity contribution is 0.0573. The zero-order valence-electron chi connectivity index (χ0n) is 4.29. The summed E-state index contributed by atoms with van der Waals surface area (Å²) in [5, 5.41) is 0. The van der Waals surface area contributed by atoms with Crippen LogP contribution >= 0.6 is 0 Å². The molecule has 0 aromatic heterocycles. The maximum atomic E-state index is 9.95. The molecule has 0 fully saturated rings. The molecule has 0 rings (SSSR count). The van der Waals surface area contributed by atoms with E-state index in [1.807, 2.05) is 0 Å². The summed E-state index contributed by atoms with van der Waals surface area (Å²) < 4.78 is 4.23. The number of rotatable bonds is 2. The summed E-state index contributed by atoms with van der Waals surface area (Å²) in [5.74, 6) is 4.40. The Labute approximate surface area is 46.5 Å². The summed E-state index contributed by atoms with van der Waals surface area (Å²) in [6.45, 7) is 0.408.